The van der Waals surface area contributed by atoms with Crippen molar-refractivity contribution in [2.24, 2.45) is 11.8 Å². The molecule has 1 saturated heterocycles. The van der Waals surface area contributed by atoms with Crippen molar-refractivity contribution in [2.75, 3.05) is 44.8 Å². The molecule has 2 aromatic heterocycles. The maximum Gasteiger partial charge on any atom is 0.246 e. The average molecular weight is 598 g/mol. The Morgan fingerprint density at radius 2 is 1.74 bits per heavy atom. The van der Waals surface area contributed by atoms with Crippen LogP contribution in [0.4, 0.5) is 11.6 Å². The minimum Gasteiger partial charge on any atom is -0.383 e. The van der Waals surface area contributed by atoms with Gasteiger partial charge in [-0.15, -0.1) is 0 Å². The number of amides is 1. The first kappa shape index (κ1) is 30.0. The quantitative estimate of drug-likeness (QED) is 0.140. The standard InChI is InChI=1S/C30H35N11OS/c1-40(2)11-3-4-24(42)41-15-20-12-22(13-21(20)16-41)39-30-25(27(32)37-17-38-30)26(31)18-5-7-19(8-6-18)28(33)43-29(34)23-14-35-9-10-36-23/h3-10,14,17,20-22,31,33-34H,11-13,15-16H2,1-2H3,(H3,32,37,38,39)/b4-3+,31-26?,33-28?,34-29?. The summed E-state index contributed by atoms with van der Waals surface area (Å²) in [5.41, 5.74) is 8.50. The van der Waals surface area contributed by atoms with Crippen LogP contribution in [-0.2, 0) is 4.79 Å². The van der Waals surface area contributed by atoms with Gasteiger partial charge in [0.15, 0.2) is 0 Å². The number of carbonyl (C=O) groups is 1. The van der Waals surface area contributed by atoms with Crippen LogP contribution in [0, 0.1) is 28.1 Å². The number of likely N-dealkylation sites (N-methyl/N-ethyl adjacent to an activating group) is 1. The molecule has 2 unspecified atom stereocenters. The maximum atomic E-state index is 12.6. The van der Waals surface area contributed by atoms with Crippen molar-refractivity contribution in [3.05, 3.63) is 83.7 Å². The Morgan fingerprint density at radius 3 is 2.40 bits per heavy atom. The van der Waals surface area contributed by atoms with Gasteiger partial charge in [-0.3, -0.25) is 31.0 Å². The summed E-state index contributed by atoms with van der Waals surface area (Å²) in [5, 5.41) is 29.4. The smallest absolute Gasteiger partial charge is 0.246 e. The number of rotatable bonds is 9. The first-order chi connectivity index (χ1) is 20.7. The van der Waals surface area contributed by atoms with Crippen LogP contribution < -0.4 is 11.1 Å². The number of aromatic nitrogens is 4. The van der Waals surface area contributed by atoms with Crippen molar-refractivity contribution in [2.45, 2.75) is 18.9 Å². The fourth-order valence-electron chi connectivity index (χ4n) is 5.58. The number of hydrogen-bond acceptors (Lipinski definition) is 12. The molecule has 12 nitrogen and oxygen atoms in total. The lowest BCUT2D eigenvalue weighted by molar-refractivity contribution is -0.125. The number of nitrogen functional groups attached to an aromatic ring is 1. The predicted molar refractivity (Wildman–Crippen MR) is 170 cm³/mol. The van der Waals surface area contributed by atoms with Gasteiger partial charge in [0, 0.05) is 55.3 Å². The summed E-state index contributed by atoms with van der Waals surface area (Å²) in [6, 6.07) is 7.16. The van der Waals surface area contributed by atoms with Crippen LogP contribution in [0.25, 0.3) is 0 Å². The van der Waals surface area contributed by atoms with Gasteiger partial charge in [-0.25, -0.2) is 9.97 Å². The largest absolute Gasteiger partial charge is 0.383 e. The molecule has 0 bridgehead atoms. The molecule has 1 saturated carbocycles. The number of hydrogen-bond donors (Lipinski definition) is 5. The van der Waals surface area contributed by atoms with Gasteiger partial charge >= 0.3 is 0 Å². The minimum absolute atomic E-state index is 0.0728. The molecule has 0 spiro atoms. The number of anilines is 2. The topological polar surface area (TPSA) is 185 Å². The molecule has 3 aromatic rings. The fraction of sp³-hybridized carbons (Fsp3) is 0.333. The van der Waals surface area contributed by atoms with E-state index in [1.165, 1.54) is 24.9 Å². The zero-order valence-corrected chi connectivity index (χ0v) is 24.9. The monoisotopic (exact) mass is 597 g/mol. The number of likely N-dealkylation sites (tertiary alicyclic amines) is 1. The van der Waals surface area contributed by atoms with Crippen molar-refractivity contribution in [3.8, 4) is 0 Å². The number of benzene rings is 1. The molecule has 1 aliphatic heterocycles. The minimum atomic E-state index is 0.0728. The highest BCUT2D eigenvalue weighted by molar-refractivity contribution is 8.27. The van der Waals surface area contributed by atoms with Crippen molar-refractivity contribution in [1.82, 2.24) is 29.7 Å². The first-order valence-corrected chi connectivity index (χ1v) is 14.8. The van der Waals surface area contributed by atoms with Crippen LogP contribution in [-0.4, -0.2) is 91.2 Å². The highest BCUT2D eigenvalue weighted by Gasteiger charge is 2.42. The number of carbonyl (C=O) groups excluding carboxylic acids is 1. The highest BCUT2D eigenvalue weighted by atomic mass is 32.2. The normalized spacial score (nSPS) is 19.5. The Balaban J connectivity index is 1.21. The Bertz CT molecular complexity index is 1530. The lowest BCUT2D eigenvalue weighted by atomic mass is 10.0. The molecular formula is C30H35N11OS. The van der Waals surface area contributed by atoms with Crippen molar-refractivity contribution in [3.63, 3.8) is 0 Å². The summed E-state index contributed by atoms with van der Waals surface area (Å²) in [7, 11) is 3.95. The molecule has 2 aliphatic rings. The Morgan fingerprint density at radius 1 is 1.05 bits per heavy atom. The Hall–Kier alpha value is -4.49. The summed E-state index contributed by atoms with van der Waals surface area (Å²) >= 11 is 0.986. The molecule has 0 radical (unpaired) electrons. The lowest BCUT2D eigenvalue weighted by Gasteiger charge is -2.21. The summed E-state index contributed by atoms with van der Waals surface area (Å²) in [6.07, 6.45) is 11.3. The average Bonchev–Trinajstić information content (AvgIpc) is 3.56. The molecular weight excluding hydrogens is 562 g/mol. The molecule has 1 aromatic carbocycles. The van der Waals surface area contributed by atoms with Gasteiger partial charge in [-0.05, 0) is 50.5 Å². The molecule has 6 N–H and O–H groups in total. The molecule has 43 heavy (non-hydrogen) atoms. The van der Waals surface area contributed by atoms with E-state index in [4.69, 9.17) is 22.0 Å². The Kier molecular flexibility index (Phi) is 9.22. The highest BCUT2D eigenvalue weighted by Crippen LogP contribution is 2.39. The zero-order valence-electron chi connectivity index (χ0n) is 24.1. The molecule has 1 aliphatic carbocycles. The molecule has 1 amide bonds. The third-order valence-electron chi connectivity index (χ3n) is 7.70. The van der Waals surface area contributed by atoms with Gasteiger partial charge in [-0.1, -0.05) is 30.3 Å². The van der Waals surface area contributed by atoms with Crippen LogP contribution >= 0.6 is 11.8 Å². The van der Waals surface area contributed by atoms with E-state index in [2.05, 4.69) is 25.3 Å². The summed E-state index contributed by atoms with van der Waals surface area (Å²) < 4.78 is 0. The molecule has 5 rings (SSSR count). The van der Waals surface area contributed by atoms with Crippen molar-refractivity contribution < 1.29 is 4.79 Å². The third kappa shape index (κ3) is 7.12. The van der Waals surface area contributed by atoms with Crippen molar-refractivity contribution in [1.29, 1.82) is 16.2 Å². The first-order valence-electron chi connectivity index (χ1n) is 14.0. The molecule has 13 heteroatoms. The van der Waals surface area contributed by atoms with E-state index in [1.807, 2.05) is 30.0 Å². The number of nitrogens with zero attached hydrogens (tertiary/aromatic N) is 6. The van der Waals surface area contributed by atoms with Gasteiger partial charge in [0.05, 0.1) is 17.5 Å². The van der Waals surface area contributed by atoms with E-state index in [0.717, 1.165) is 44.2 Å². The van der Waals surface area contributed by atoms with Gasteiger partial charge in [-0.2, -0.15) is 0 Å². The second-order valence-corrected chi connectivity index (χ2v) is 12.0. The number of fused-ring (bicyclic) bond motifs is 1. The van der Waals surface area contributed by atoms with E-state index in [1.54, 1.807) is 30.3 Å². The number of nitrogens with one attached hydrogen (secondary N) is 4. The van der Waals surface area contributed by atoms with Crippen LogP contribution in [0.3, 0.4) is 0 Å². The lowest BCUT2D eigenvalue weighted by Crippen LogP contribution is -2.30. The van der Waals surface area contributed by atoms with Gasteiger partial charge in [0.2, 0.25) is 5.91 Å². The van der Waals surface area contributed by atoms with E-state index in [9.17, 15) is 4.79 Å². The van der Waals surface area contributed by atoms with E-state index < -0.39 is 0 Å². The van der Waals surface area contributed by atoms with Crippen molar-refractivity contribution >= 4 is 45.1 Å². The van der Waals surface area contributed by atoms with Gasteiger partial charge in [0.25, 0.3) is 0 Å². The fourth-order valence-corrected chi connectivity index (χ4v) is 6.25. The summed E-state index contributed by atoms with van der Waals surface area (Å²) in [4.78, 5) is 33.3. The van der Waals surface area contributed by atoms with Gasteiger partial charge < -0.3 is 20.9 Å². The van der Waals surface area contributed by atoms with E-state index in [0.29, 0.717) is 40.0 Å². The van der Waals surface area contributed by atoms with E-state index >= 15 is 0 Å². The van der Waals surface area contributed by atoms with Crippen LogP contribution in [0.2, 0.25) is 0 Å². The molecule has 2 fully saturated rings. The van der Waals surface area contributed by atoms with Crippen LogP contribution in [0.15, 0.2) is 61.3 Å². The molecule has 2 atom stereocenters. The maximum absolute atomic E-state index is 12.6. The Labute approximate surface area is 254 Å². The number of nitrogens with two attached hydrogens (primary N) is 1. The van der Waals surface area contributed by atoms with Gasteiger partial charge in [0.1, 0.15) is 33.7 Å². The SMILES string of the molecule is CN(C)C/C=C/C(=O)N1CC2CC(Nc3ncnc(N)c3C(=N)c3ccc(C(=N)SC(=N)c4cnccn4)cc3)CC2C1. The summed E-state index contributed by atoms with van der Waals surface area (Å²) in [5.74, 6) is 1.64. The zero-order chi connectivity index (χ0) is 30.5. The molecule has 222 valence electrons. The molecule has 3 heterocycles. The number of thioether (sulfide) groups is 1. The van der Waals surface area contributed by atoms with Crippen LogP contribution in [0.1, 0.15) is 35.2 Å². The summed E-state index contributed by atoms with van der Waals surface area (Å²) in [6.45, 7) is 2.24. The van der Waals surface area contributed by atoms with E-state index in [-0.39, 0.29) is 33.6 Å². The third-order valence-corrected chi connectivity index (χ3v) is 8.55. The predicted octanol–water partition coefficient (Wildman–Crippen LogP) is 3.12. The second-order valence-electron chi connectivity index (χ2n) is 11.0. The van der Waals surface area contributed by atoms with Crippen LogP contribution in [0.5, 0.6) is 0 Å². The second kappa shape index (κ2) is 13.2.